The van der Waals surface area contributed by atoms with E-state index >= 15 is 0 Å². The molecule has 0 saturated heterocycles. The molecule has 1 aromatic rings. The van der Waals surface area contributed by atoms with E-state index in [9.17, 15) is 0 Å². The van der Waals surface area contributed by atoms with E-state index in [1.165, 1.54) is 167 Å². The molecule has 234 valence electrons. The van der Waals surface area contributed by atoms with Gasteiger partial charge in [0, 0.05) is 0 Å². The average molecular weight is 559 g/mol. The molecule has 2 nitrogen and oxygen atoms in total. The zero-order valence-electron chi connectivity index (χ0n) is 27.3. The molecular formula is C38H70O2. The average Bonchev–Trinajstić information content (AvgIpc) is 2.97. The first-order valence-corrected chi connectivity index (χ1v) is 18.2. The third kappa shape index (κ3) is 24.6. The standard InChI is InChI=1S/C38H70O2/c1-3-5-7-9-11-13-15-17-19-21-23-25-27-31-35-39-37-33-29-30-34-38(37)40-36-32-28-26-24-22-20-18-16-14-12-10-8-6-4-2/h29-30,33-34H,3-28,31-32,35-36H2,1-2H3. The molecule has 1 aromatic carbocycles. The van der Waals surface area contributed by atoms with E-state index in [-0.39, 0.29) is 0 Å². The SMILES string of the molecule is CCCCCCCCCCCCCCCCOc1ccccc1OCCCCCCCCCCCCCCCC. The zero-order valence-corrected chi connectivity index (χ0v) is 27.3. The fraction of sp³-hybridized carbons (Fsp3) is 0.842. The quantitative estimate of drug-likeness (QED) is 0.0819. The Hall–Kier alpha value is -1.18. The van der Waals surface area contributed by atoms with Gasteiger partial charge in [-0.05, 0) is 25.0 Å². The summed E-state index contributed by atoms with van der Waals surface area (Å²) >= 11 is 0. The number of hydrogen-bond donors (Lipinski definition) is 0. The van der Waals surface area contributed by atoms with E-state index in [0.717, 1.165) is 37.6 Å². The molecule has 0 N–H and O–H groups in total. The largest absolute Gasteiger partial charge is 0.490 e. The Morgan fingerprint density at radius 1 is 0.325 bits per heavy atom. The van der Waals surface area contributed by atoms with Crippen LogP contribution < -0.4 is 9.47 Å². The van der Waals surface area contributed by atoms with Crippen LogP contribution in [0.25, 0.3) is 0 Å². The predicted molar refractivity (Wildman–Crippen MR) is 178 cm³/mol. The molecule has 1 rings (SSSR count). The smallest absolute Gasteiger partial charge is 0.161 e. The van der Waals surface area contributed by atoms with Gasteiger partial charge in [0.25, 0.3) is 0 Å². The summed E-state index contributed by atoms with van der Waals surface area (Å²) in [4.78, 5) is 0. The lowest BCUT2D eigenvalue weighted by molar-refractivity contribution is 0.258. The molecule has 40 heavy (non-hydrogen) atoms. The van der Waals surface area contributed by atoms with Crippen molar-refractivity contribution in [1.29, 1.82) is 0 Å². The van der Waals surface area contributed by atoms with Gasteiger partial charge in [-0.1, -0.05) is 193 Å². The third-order valence-electron chi connectivity index (χ3n) is 8.36. The molecule has 0 heterocycles. The second kappa shape index (κ2) is 30.8. The van der Waals surface area contributed by atoms with Crippen LogP contribution in [0.1, 0.15) is 194 Å². The van der Waals surface area contributed by atoms with Crippen molar-refractivity contribution < 1.29 is 9.47 Å². The third-order valence-corrected chi connectivity index (χ3v) is 8.36. The van der Waals surface area contributed by atoms with Gasteiger partial charge in [-0.3, -0.25) is 0 Å². The first kappa shape index (κ1) is 36.8. The van der Waals surface area contributed by atoms with Gasteiger partial charge in [0.15, 0.2) is 11.5 Å². The van der Waals surface area contributed by atoms with Crippen LogP contribution in [0, 0.1) is 0 Å². The molecule has 0 aliphatic heterocycles. The minimum Gasteiger partial charge on any atom is -0.490 e. The van der Waals surface area contributed by atoms with Crippen molar-refractivity contribution >= 4 is 0 Å². The Kier molecular flexibility index (Phi) is 28.3. The second-order valence-electron chi connectivity index (χ2n) is 12.3. The van der Waals surface area contributed by atoms with Crippen LogP contribution in [-0.4, -0.2) is 13.2 Å². The van der Waals surface area contributed by atoms with Gasteiger partial charge in [-0.15, -0.1) is 0 Å². The summed E-state index contributed by atoms with van der Waals surface area (Å²) < 4.78 is 12.2. The number of rotatable bonds is 32. The molecule has 0 aromatic heterocycles. The second-order valence-corrected chi connectivity index (χ2v) is 12.3. The van der Waals surface area contributed by atoms with E-state index in [1.807, 2.05) is 0 Å². The van der Waals surface area contributed by atoms with Gasteiger partial charge >= 0.3 is 0 Å². The first-order valence-electron chi connectivity index (χ1n) is 18.2. The van der Waals surface area contributed by atoms with Crippen LogP contribution in [-0.2, 0) is 0 Å². The van der Waals surface area contributed by atoms with Gasteiger partial charge < -0.3 is 9.47 Å². The molecule has 0 aliphatic rings. The molecule has 2 heteroatoms. The summed E-state index contributed by atoms with van der Waals surface area (Å²) in [6.45, 7) is 6.20. The minimum absolute atomic E-state index is 0.803. The lowest BCUT2D eigenvalue weighted by Crippen LogP contribution is -2.02. The minimum atomic E-state index is 0.803. The van der Waals surface area contributed by atoms with E-state index in [2.05, 4.69) is 38.1 Å². The lowest BCUT2D eigenvalue weighted by Gasteiger charge is -2.12. The number of hydrogen-bond acceptors (Lipinski definition) is 2. The fourth-order valence-electron chi connectivity index (χ4n) is 5.65. The van der Waals surface area contributed by atoms with E-state index in [0.29, 0.717) is 0 Å². The van der Waals surface area contributed by atoms with Gasteiger partial charge in [-0.25, -0.2) is 0 Å². The predicted octanol–water partition coefficient (Wildman–Crippen LogP) is 13.4. The molecule has 0 bridgehead atoms. The molecule has 0 fully saturated rings. The maximum Gasteiger partial charge on any atom is 0.161 e. The Morgan fingerprint density at radius 3 is 0.800 bits per heavy atom. The Bertz CT molecular complexity index is 560. The van der Waals surface area contributed by atoms with E-state index in [4.69, 9.17) is 9.47 Å². The molecule has 0 radical (unpaired) electrons. The van der Waals surface area contributed by atoms with Gasteiger partial charge in [0.2, 0.25) is 0 Å². The molecule has 0 spiro atoms. The van der Waals surface area contributed by atoms with Crippen molar-refractivity contribution in [3.63, 3.8) is 0 Å². The monoisotopic (exact) mass is 559 g/mol. The summed E-state index contributed by atoms with van der Waals surface area (Å²) in [5.41, 5.74) is 0. The Balaban J connectivity index is 1.90. The fourth-order valence-corrected chi connectivity index (χ4v) is 5.65. The number of benzene rings is 1. The highest BCUT2D eigenvalue weighted by molar-refractivity contribution is 5.39. The maximum atomic E-state index is 6.09. The highest BCUT2D eigenvalue weighted by Gasteiger charge is 2.04. The zero-order chi connectivity index (χ0) is 28.6. The highest BCUT2D eigenvalue weighted by Crippen LogP contribution is 2.27. The van der Waals surface area contributed by atoms with Crippen molar-refractivity contribution in [3.05, 3.63) is 24.3 Å². The summed E-state index contributed by atoms with van der Waals surface area (Å²) in [6.07, 6.45) is 38.9. The summed E-state index contributed by atoms with van der Waals surface area (Å²) in [7, 11) is 0. The molecule has 0 unspecified atom stereocenters. The van der Waals surface area contributed by atoms with Gasteiger partial charge in [0.1, 0.15) is 0 Å². The lowest BCUT2D eigenvalue weighted by atomic mass is 10.0. The van der Waals surface area contributed by atoms with Crippen molar-refractivity contribution in [2.75, 3.05) is 13.2 Å². The van der Waals surface area contributed by atoms with Crippen LogP contribution in [0.5, 0.6) is 11.5 Å². The van der Waals surface area contributed by atoms with Crippen LogP contribution in [0.2, 0.25) is 0 Å². The van der Waals surface area contributed by atoms with Crippen molar-refractivity contribution in [3.8, 4) is 11.5 Å². The Morgan fingerprint density at radius 2 is 0.550 bits per heavy atom. The van der Waals surface area contributed by atoms with Crippen molar-refractivity contribution in [2.24, 2.45) is 0 Å². The topological polar surface area (TPSA) is 18.5 Å². The molecule has 0 amide bonds. The summed E-state index contributed by atoms with van der Waals surface area (Å²) in [5.74, 6) is 1.84. The number of ether oxygens (including phenoxy) is 2. The van der Waals surface area contributed by atoms with Crippen LogP contribution in [0.15, 0.2) is 24.3 Å². The summed E-state index contributed by atoms with van der Waals surface area (Å²) in [5, 5.41) is 0. The van der Waals surface area contributed by atoms with Gasteiger partial charge in [0.05, 0.1) is 13.2 Å². The molecular weight excluding hydrogens is 488 g/mol. The molecule has 0 saturated carbocycles. The molecule has 0 atom stereocenters. The normalized spacial score (nSPS) is 11.2. The summed E-state index contributed by atoms with van der Waals surface area (Å²) in [6, 6.07) is 8.23. The van der Waals surface area contributed by atoms with Crippen LogP contribution >= 0.6 is 0 Å². The first-order chi connectivity index (χ1) is 19.9. The highest BCUT2D eigenvalue weighted by atomic mass is 16.5. The number of para-hydroxylation sites is 2. The van der Waals surface area contributed by atoms with Crippen LogP contribution in [0.4, 0.5) is 0 Å². The van der Waals surface area contributed by atoms with E-state index in [1.54, 1.807) is 0 Å². The molecule has 0 aliphatic carbocycles. The maximum absolute atomic E-state index is 6.09. The Labute approximate surface area is 251 Å². The van der Waals surface area contributed by atoms with E-state index < -0.39 is 0 Å². The number of unbranched alkanes of at least 4 members (excludes halogenated alkanes) is 26. The van der Waals surface area contributed by atoms with Gasteiger partial charge in [-0.2, -0.15) is 0 Å². The van der Waals surface area contributed by atoms with Crippen molar-refractivity contribution in [1.82, 2.24) is 0 Å². The van der Waals surface area contributed by atoms with Crippen molar-refractivity contribution in [2.45, 2.75) is 194 Å². The van der Waals surface area contributed by atoms with Crippen LogP contribution in [0.3, 0.4) is 0 Å².